The summed E-state index contributed by atoms with van der Waals surface area (Å²) in [4.78, 5) is 19.1. The predicted octanol–water partition coefficient (Wildman–Crippen LogP) is 4.68. The molecular weight excluding hydrogens is 314 g/mol. The number of carbonyl (C=O) groups excluding carboxylic acids is 1. The first-order chi connectivity index (χ1) is 12.2. The van der Waals surface area contributed by atoms with E-state index in [4.69, 9.17) is 4.52 Å². The third kappa shape index (κ3) is 4.27. The molecule has 5 heteroatoms. The minimum Gasteiger partial charge on any atom is -0.337 e. The van der Waals surface area contributed by atoms with Crippen LogP contribution in [0.3, 0.4) is 0 Å². The number of benzene rings is 1. The number of rotatable bonds is 7. The van der Waals surface area contributed by atoms with Gasteiger partial charge in [0, 0.05) is 18.5 Å². The Morgan fingerprint density at radius 3 is 3.00 bits per heavy atom. The molecule has 1 saturated heterocycles. The van der Waals surface area contributed by atoms with Crippen LogP contribution in [-0.4, -0.2) is 27.5 Å². The summed E-state index contributed by atoms with van der Waals surface area (Å²) in [6.07, 6.45) is 6.98. The lowest BCUT2D eigenvalue weighted by Crippen LogP contribution is -2.30. The molecule has 0 N–H and O–H groups in total. The maximum absolute atomic E-state index is 12.5. The molecule has 1 aromatic carbocycles. The minimum absolute atomic E-state index is 0.0651. The normalized spacial score (nSPS) is 17.2. The molecular formula is C20H27N3O2. The van der Waals surface area contributed by atoms with Crippen LogP contribution < -0.4 is 0 Å². The lowest BCUT2D eigenvalue weighted by atomic mass is 10.1. The summed E-state index contributed by atoms with van der Waals surface area (Å²) in [7, 11) is 0. The van der Waals surface area contributed by atoms with Gasteiger partial charge in [0.15, 0.2) is 0 Å². The molecule has 25 heavy (non-hydrogen) atoms. The van der Waals surface area contributed by atoms with Gasteiger partial charge in [-0.1, -0.05) is 55.1 Å². The third-order valence-corrected chi connectivity index (χ3v) is 4.82. The Kier molecular flexibility index (Phi) is 5.84. The zero-order valence-corrected chi connectivity index (χ0v) is 15.2. The van der Waals surface area contributed by atoms with Crippen molar-refractivity contribution < 1.29 is 9.32 Å². The molecule has 0 radical (unpaired) electrons. The Hall–Kier alpha value is -2.17. The quantitative estimate of drug-likeness (QED) is 0.686. The number of aromatic nitrogens is 2. The Morgan fingerprint density at radius 2 is 2.20 bits per heavy atom. The summed E-state index contributed by atoms with van der Waals surface area (Å²) >= 11 is 0. The van der Waals surface area contributed by atoms with E-state index in [0.29, 0.717) is 18.1 Å². The lowest BCUT2D eigenvalue weighted by molar-refractivity contribution is -0.132. The van der Waals surface area contributed by atoms with E-state index in [9.17, 15) is 4.79 Å². The summed E-state index contributed by atoms with van der Waals surface area (Å²) in [5.74, 6) is 1.38. The first-order valence-electron chi connectivity index (χ1n) is 9.39. The second-order valence-electron chi connectivity index (χ2n) is 6.88. The Bertz CT molecular complexity index is 710. The summed E-state index contributed by atoms with van der Waals surface area (Å²) in [6, 6.07) is 7.99. The molecule has 0 saturated carbocycles. The van der Waals surface area contributed by atoms with Gasteiger partial charge in [-0.15, -0.1) is 0 Å². The number of carbonyl (C=O) groups is 1. The largest absolute Gasteiger partial charge is 0.337 e. The molecule has 1 aliphatic heterocycles. The molecule has 1 unspecified atom stereocenters. The molecule has 0 bridgehead atoms. The highest BCUT2D eigenvalue weighted by Crippen LogP contribution is 2.32. The molecule has 1 aliphatic rings. The standard InChI is InChI=1S/C20H27N3O2/c1-3-4-5-6-12-18(24)23-13-8-11-17(23)20-21-19(22-25-20)16-10-7-9-15(2)14-16/h7,9-10,14,17H,3-6,8,11-13H2,1-2H3. The highest BCUT2D eigenvalue weighted by atomic mass is 16.5. The van der Waals surface area contributed by atoms with Gasteiger partial charge >= 0.3 is 0 Å². The maximum atomic E-state index is 12.5. The van der Waals surface area contributed by atoms with Gasteiger partial charge < -0.3 is 9.42 Å². The van der Waals surface area contributed by atoms with Crippen LogP contribution >= 0.6 is 0 Å². The molecule has 1 aromatic heterocycles. The molecule has 2 aromatic rings. The van der Waals surface area contributed by atoms with Crippen molar-refractivity contribution in [1.82, 2.24) is 15.0 Å². The average Bonchev–Trinajstić information content (AvgIpc) is 3.27. The first-order valence-corrected chi connectivity index (χ1v) is 9.39. The van der Waals surface area contributed by atoms with Crippen molar-refractivity contribution in [3.63, 3.8) is 0 Å². The van der Waals surface area contributed by atoms with E-state index in [1.165, 1.54) is 12.8 Å². The topological polar surface area (TPSA) is 59.2 Å². The van der Waals surface area contributed by atoms with Crippen molar-refractivity contribution in [1.29, 1.82) is 0 Å². The van der Waals surface area contributed by atoms with Gasteiger partial charge in [-0.3, -0.25) is 4.79 Å². The summed E-state index contributed by atoms with van der Waals surface area (Å²) < 4.78 is 5.51. The van der Waals surface area contributed by atoms with Crippen LogP contribution in [0.4, 0.5) is 0 Å². The maximum Gasteiger partial charge on any atom is 0.249 e. The van der Waals surface area contributed by atoms with Crippen LogP contribution in [0.25, 0.3) is 11.4 Å². The zero-order chi connectivity index (χ0) is 17.6. The number of hydrogen-bond acceptors (Lipinski definition) is 4. The van der Waals surface area contributed by atoms with Crippen molar-refractivity contribution in [2.75, 3.05) is 6.54 Å². The molecule has 0 aliphatic carbocycles. The van der Waals surface area contributed by atoms with E-state index < -0.39 is 0 Å². The number of hydrogen-bond donors (Lipinski definition) is 0. The van der Waals surface area contributed by atoms with Gasteiger partial charge in [0.25, 0.3) is 0 Å². The van der Waals surface area contributed by atoms with Crippen molar-refractivity contribution in [2.24, 2.45) is 0 Å². The van der Waals surface area contributed by atoms with E-state index in [0.717, 1.165) is 43.4 Å². The summed E-state index contributed by atoms with van der Waals surface area (Å²) in [5.41, 5.74) is 2.11. The number of unbranched alkanes of at least 4 members (excludes halogenated alkanes) is 3. The van der Waals surface area contributed by atoms with Crippen LogP contribution in [0.1, 0.15) is 69.4 Å². The van der Waals surface area contributed by atoms with E-state index in [-0.39, 0.29) is 11.9 Å². The molecule has 2 heterocycles. The van der Waals surface area contributed by atoms with Gasteiger partial charge in [0.1, 0.15) is 6.04 Å². The predicted molar refractivity (Wildman–Crippen MR) is 96.9 cm³/mol. The monoisotopic (exact) mass is 341 g/mol. The molecule has 3 rings (SSSR count). The molecule has 1 amide bonds. The number of amides is 1. The van der Waals surface area contributed by atoms with Gasteiger partial charge in [-0.05, 0) is 32.3 Å². The Balaban J connectivity index is 1.67. The molecule has 0 spiro atoms. The van der Waals surface area contributed by atoms with Gasteiger partial charge in [0.2, 0.25) is 17.6 Å². The van der Waals surface area contributed by atoms with Crippen LogP contribution in [0, 0.1) is 6.92 Å². The second-order valence-corrected chi connectivity index (χ2v) is 6.88. The SMILES string of the molecule is CCCCCCC(=O)N1CCCC1c1nc(-c2cccc(C)c2)no1. The van der Waals surface area contributed by atoms with E-state index in [1.54, 1.807) is 0 Å². The van der Waals surface area contributed by atoms with Crippen LogP contribution in [0.5, 0.6) is 0 Å². The Morgan fingerprint density at radius 1 is 1.32 bits per heavy atom. The van der Waals surface area contributed by atoms with Crippen LogP contribution in [0.15, 0.2) is 28.8 Å². The molecule has 1 atom stereocenters. The van der Waals surface area contributed by atoms with E-state index >= 15 is 0 Å². The fourth-order valence-electron chi connectivity index (χ4n) is 3.44. The first kappa shape index (κ1) is 17.6. The van der Waals surface area contributed by atoms with E-state index in [2.05, 4.69) is 17.1 Å². The lowest BCUT2D eigenvalue weighted by Gasteiger charge is -2.21. The average molecular weight is 341 g/mol. The van der Waals surface area contributed by atoms with Crippen LogP contribution in [0.2, 0.25) is 0 Å². The molecule has 134 valence electrons. The minimum atomic E-state index is -0.0651. The number of aryl methyl sites for hydroxylation is 1. The van der Waals surface area contributed by atoms with Gasteiger partial charge in [-0.25, -0.2) is 0 Å². The molecule has 1 fully saturated rings. The van der Waals surface area contributed by atoms with Crippen molar-refractivity contribution in [2.45, 2.75) is 64.8 Å². The highest BCUT2D eigenvalue weighted by Gasteiger charge is 2.33. The van der Waals surface area contributed by atoms with Gasteiger partial charge in [-0.2, -0.15) is 4.98 Å². The van der Waals surface area contributed by atoms with Crippen molar-refractivity contribution in [3.8, 4) is 11.4 Å². The van der Waals surface area contributed by atoms with Crippen LogP contribution in [-0.2, 0) is 4.79 Å². The summed E-state index contributed by atoms with van der Waals surface area (Å²) in [6.45, 7) is 5.01. The second kappa shape index (κ2) is 8.28. The Labute approximate surface area is 149 Å². The fourth-order valence-corrected chi connectivity index (χ4v) is 3.44. The molecule has 5 nitrogen and oxygen atoms in total. The zero-order valence-electron chi connectivity index (χ0n) is 15.2. The summed E-state index contributed by atoms with van der Waals surface area (Å²) in [5, 5.41) is 4.13. The van der Waals surface area contributed by atoms with E-state index in [1.807, 2.05) is 36.1 Å². The number of likely N-dealkylation sites (tertiary alicyclic amines) is 1. The van der Waals surface area contributed by atoms with Crippen molar-refractivity contribution >= 4 is 5.91 Å². The fraction of sp³-hybridized carbons (Fsp3) is 0.550. The number of nitrogens with zero attached hydrogens (tertiary/aromatic N) is 3. The van der Waals surface area contributed by atoms with Gasteiger partial charge in [0.05, 0.1) is 0 Å². The third-order valence-electron chi connectivity index (χ3n) is 4.82. The highest BCUT2D eigenvalue weighted by molar-refractivity contribution is 5.76. The van der Waals surface area contributed by atoms with Crippen molar-refractivity contribution in [3.05, 3.63) is 35.7 Å². The smallest absolute Gasteiger partial charge is 0.249 e.